The van der Waals surface area contributed by atoms with E-state index < -0.39 is 0 Å². The molecule has 1 amide bonds. The predicted octanol–water partition coefficient (Wildman–Crippen LogP) is 1.81. The minimum atomic E-state index is -0.334. The molecule has 2 rings (SSSR count). The van der Waals surface area contributed by atoms with Crippen LogP contribution in [0, 0.1) is 13.8 Å². The minimum Gasteiger partial charge on any atom is -0.364 e. The smallest absolute Gasteiger partial charge is 0.259 e. The maximum Gasteiger partial charge on any atom is 0.259 e. The van der Waals surface area contributed by atoms with Crippen molar-refractivity contribution in [1.29, 1.82) is 0 Å². The molecular weight excluding hydrogens is 258 g/mol. The molecule has 2 aromatic heterocycles. The molecule has 2 aromatic rings. The fourth-order valence-electron chi connectivity index (χ4n) is 2.10. The summed E-state index contributed by atoms with van der Waals surface area (Å²) in [4.78, 5) is 29.0. The van der Waals surface area contributed by atoms with Crippen LogP contribution in [0.25, 0.3) is 0 Å². The number of hydrogen-bond donors (Lipinski definition) is 1. The maximum atomic E-state index is 12.5. The normalized spacial score (nSPS) is 12.2. The molecule has 0 bridgehead atoms. The van der Waals surface area contributed by atoms with Gasteiger partial charge < -0.3 is 14.4 Å². The Labute approximate surface area is 116 Å². The summed E-state index contributed by atoms with van der Waals surface area (Å²) in [5.41, 5.74) is 1.83. The van der Waals surface area contributed by atoms with Crippen LogP contribution in [0.5, 0.6) is 0 Å². The van der Waals surface area contributed by atoms with Gasteiger partial charge in [0, 0.05) is 30.6 Å². The molecule has 2 heterocycles. The van der Waals surface area contributed by atoms with Crippen LogP contribution in [-0.4, -0.2) is 28.0 Å². The number of hydrogen-bond acceptors (Lipinski definition) is 4. The second-order valence-corrected chi connectivity index (χ2v) is 4.83. The van der Waals surface area contributed by atoms with E-state index in [0.29, 0.717) is 11.4 Å². The van der Waals surface area contributed by atoms with Gasteiger partial charge in [-0.25, -0.2) is 0 Å². The number of rotatable bonds is 3. The third kappa shape index (κ3) is 2.49. The van der Waals surface area contributed by atoms with E-state index in [2.05, 4.69) is 10.1 Å². The van der Waals surface area contributed by atoms with Gasteiger partial charge in [-0.1, -0.05) is 5.16 Å². The lowest BCUT2D eigenvalue weighted by Gasteiger charge is -2.23. The fourth-order valence-corrected chi connectivity index (χ4v) is 2.10. The van der Waals surface area contributed by atoms with Gasteiger partial charge in [-0.05, 0) is 20.8 Å². The first-order valence-electron chi connectivity index (χ1n) is 6.29. The van der Waals surface area contributed by atoms with Gasteiger partial charge in [-0.2, -0.15) is 0 Å². The maximum absolute atomic E-state index is 12.5. The van der Waals surface area contributed by atoms with Crippen molar-refractivity contribution in [3.8, 4) is 0 Å². The quantitative estimate of drug-likeness (QED) is 0.926. The van der Waals surface area contributed by atoms with Gasteiger partial charge in [-0.3, -0.25) is 9.59 Å². The van der Waals surface area contributed by atoms with E-state index in [-0.39, 0.29) is 22.9 Å². The lowest BCUT2D eigenvalue weighted by Crippen LogP contribution is -2.34. The van der Waals surface area contributed by atoms with E-state index in [1.54, 1.807) is 27.0 Å². The number of pyridine rings is 1. The number of nitrogens with zero attached hydrogens (tertiary/aromatic N) is 2. The molecule has 106 valence electrons. The van der Waals surface area contributed by atoms with Crippen LogP contribution in [0.15, 0.2) is 27.7 Å². The highest BCUT2D eigenvalue weighted by atomic mass is 16.5. The van der Waals surface area contributed by atoms with Crippen LogP contribution in [0.1, 0.15) is 40.4 Å². The molecule has 20 heavy (non-hydrogen) atoms. The molecule has 0 radical (unpaired) electrons. The Balaban J connectivity index is 2.35. The Kier molecular flexibility index (Phi) is 3.74. The van der Waals surface area contributed by atoms with E-state index in [1.807, 2.05) is 6.92 Å². The van der Waals surface area contributed by atoms with Crippen molar-refractivity contribution >= 4 is 5.91 Å². The highest BCUT2D eigenvalue weighted by molar-refractivity contribution is 5.95. The highest BCUT2D eigenvalue weighted by Crippen LogP contribution is 2.18. The van der Waals surface area contributed by atoms with Gasteiger partial charge in [0.2, 0.25) is 0 Å². The topological polar surface area (TPSA) is 79.2 Å². The monoisotopic (exact) mass is 275 g/mol. The number of aryl methyl sites for hydroxylation is 2. The third-order valence-electron chi connectivity index (χ3n) is 3.35. The molecule has 0 fully saturated rings. The summed E-state index contributed by atoms with van der Waals surface area (Å²) < 4.78 is 4.78. The third-order valence-corrected chi connectivity index (χ3v) is 3.35. The zero-order chi connectivity index (χ0) is 14.9. The van der Waals surface area contributed by atoms with E-state index in [4.69, 9.17) is 4.52 Å². The lowest BCUT2D eigenvalue weighted by atomic mass is 10.1. The average Bonchev–Trinajstić information content (AvgIpc) is 2.89. The van der Waals surface area contributed by atoms with Crippen LogP contribution in [0.3, 0.4) is 0 Å². The molecule has 0 spiro atoms. The van der Waals surface area contributed by atoms with Gasteiger partial charge in [0.15, 0.2) is 5.43 Å². The van der Waals surface area contributed by atoms with Crippen LogP contribution < -0.4 is 5.43 Å². The molecule has 1 N–H and O–H groups in total. The number of carbonyl (C=O) groups excluding carboxylic acids is 1. The van der Waals surface area contributed by atoms with E-state index in [9.17, 15) is 9.59 Å². The molecule has 0 saturated heterocycles. The number of aromatic amines is 1. The molecule has 0 aliphatic heterocycles. The van der Waals surface area contributed by atoms with Gasteiger partial charge >= 0.3 is 0 Å². The van der Waals surface area contributed by atoms with Gasteiger partial charge in [-0.15, -0.1) is 0 Å². The largest absolute Gasteiger partial charge is 0.364 e. The Morgan fingerprint density at radius 3 is 2.70 bits per heavy atom. The minimum absolute atomic E-state index is 0.161. The van der Waals surface area contributed by atoms with Crippen molar-refractivity contribution in [3.05, 3.63) is 51.3 Å². The molecule has 0 unspecified atom stereocenters. The first kappa shape index (κ1) is 14.0. The number of H-pyrrole nitrogens is 1. The molecule has 0 aliphatic rings. The summed E-state index contributed by atoms with van der Waals surface area (Å²) in [6.07, 6.45) is 1.45. The van der Waals surface area contributed by atoms with Crippen molar-refractivity contribution < 1.29 is 9.32 Å². The first-order valence-corrected chi connectivity index (χ1v) is 6.29. The summed E-state index contributed by atoms with van der Waals surface area (Å²) >= 11 is 0. The number of nitrogens with one attached hydrogen (secondary N) is 1. The molecular formula is C14H17N3O3. The van der Waals surface area contributed by atoms with Crippen LogP contribution in [0.4, 0.5) is 0 Å². The zero-order valence-electron chi connectivity index (χ0n) is 11.9. The first-order chi connectivity index (χ1) is 9.41. The second-order valence-electron chi connectivity index (χ2n) is 4.83. The van der Waals surface area contributed by atoms with Gasteiger partial charge in [0.05, 0.1) is 6.04 Å². The predicted molar refractivity (Wildman–Crippen MR) is 73.5 cm³/mol. The van der Waals surface area contributed by atoms with E-state index in [0.717, 1.165) is 5.69 Å². The Hall–Kier alpha value is -2.37. The van der Waals surface area contributed by atoms with Crippen molar-refractivity contribution in [2.45, 2.75) is 26.8 Å². The van der Waals surface area contributed by atoms with Crippen LogP contribution in [0.2, 0.25) is 0 Å². The second kappa shape index (κ2) is 5.32. The standard InChI is InChI=1S/C14H17N3O3/c1-8-7-12(18)13(9(2)15-8)14(19)17(4)10(3)11-5-6-20-16-11/h5-7,10H,1-4H3,(H,15,18)/t10-/m0/s1. The molecule has 0 aliphatic carbocycles. The van der Waals surface area contributed by atoms with Gasteiger partial charge in [0.1, 0.15) is 17.5 Å². The average molecular weight is 275 g/mol. The number of aromatic nitrogens is 2. The number of carbonyl (C=O) groups is 1. The van der Waals surface area contributed by atoms with Crippen molar-refractivity contribution in [2.24, 2.45) is 0 Å². The van der Waals surface area contributed by atoms with Crippen molar-refractivity contribution in [1.82, 2.24) is 15.0 Å². The van der Waals surface area contributed by atoms with Crippen LogP contribution >= 0.6 is 0 Å². The van der Waals surface area contributed by atoms with Crippen molar-refractivity contribution in [2.75, 3.05) is 7.05 Å². The fraction of sp³-hybridized carbons (Fsp3) is 0.357. The molecule has 0 saturated carbocycles. The zero-order valence-corrected chi connectivity index (χ0v) is 11.9. The SMILES string of the molecule is Cc1cc(=O)c(C(=O)N(C)[C@@H](C)c2ccon2)c(C)[nH]1. The summed E-state index contributed by atoms with van der Waals surface area (Å²) in [5.74, 6) is -0.334. The van der Waals surface area contributed by atoms with Gasteiger partial charge in [0.25, 0.3) is 5.91 Å². The van der Waals surface area contributed by atoms with Crippen molar-refractivity contribution in [3.63, 3.8) is 0 Å². The molecule has 1 atom stereocenters. The molecule has 6 nitrogen and oxygen atoms in total. The Bertz CT molecular complexity index is 673. The van der Waals surface area contributed by atoms with Crippen LogP contribution in [-0.2, 0) is 0 Å². The molecule has 6 heteroatoms. The van der Waals surface area contributed by atoms with E-state index in [1.165, 1.54) is 17.2 Å². The Morgan fingerprint density at radius 1 is 1.45 bits per heavy atom. The molecule has 0 aromatic carbocycles. The number of amides is 1. The summed E-state index contributed by atoms with van der Waals surface area (Å²) in [6.45, 7) is 5.33. The Morgan fingerprint density at radius 2 is 2.15 bits per heavy atom. The lowest BCUT2D eigenvalue weighted by molar-refractivity contribution is 0.0735. The highest BCUT2D eigenvalue weighted by Gasteiger charge is 2.24. The van der Waals surface area contributed by atoms with E-state index >= 15 is 0 Å². The summed E-state index contributed by atoms with van der Waals surface area (Å²) in [5, 5.41) is 3.82. The summed E-state index contributed by atoms with van der Waals surface area (Å²) in [7, 11) is 1.64. The summed E-state index contributed by atoms with van der Waals surface area (Å²) in [6, 6.07) is 2.84.